The summed E-state index contributed by atoms with van der Waals surface area (Å²) >= 11 is 0. The van der Waals surface area contributed by atoms with E-state index in [9.17, 15) is 14.4 Å². The molecule has 1 aliphatic carbocycles. The van der Waals surface area contributed by atoms with Crippen molar-refractivity contribution in [3.63, 3.8) is 0 Å². The number of rotatable bonds is 7. The summed E-state index contributed by atoms with van der Waals surface area (Å²) in [6.45, 7) is 2.94. The molecule has 3 rings (SSSR count). The molecule has 0 atom stereocenters. The van der Waals surface area contributed by atoms with Gasteiger partial charge in [0.05, 0.1) is 0 Å². The molecule has 1 fully saturated rings. The van der Waals surface area contributed by atoms with Gasteiger partial charge in [0.15, 0.2) is 0 Å². The van der Waals surface area contributed by atoms with Crippen LogP contribution in [0.25, 0.3) is 0 Å². The molecule has 1 aliphatic rings. The Morgan fingerprint density at radius 1 is 0.900 bits per heavy atom. The van der Waals surface area contributed by atoms with Gasteiger partial charge in [0.2, 0.25) is 0 Å². The van der Waals surface area contributed by atoms with E-state index in [1.165, 1.54) is 4.90 Å². The smallest absolute Gasteiger partial charge is 0.319 e. The number of hydrogen-bond acceptors (Lipinski definition) is 3. The number of hydrogen-bond donors (Lipinski definition) is 2. The van der Waals surface area contributed by atoms with Crippen LogP contribution in [0.3, 0.4) is 0 Å². The third kappa shape index (κ3) is 5.59. The van der Waals surface area contributed by atoms with Gasteiger partial charge >= 0.3 is 6.03 Å². The standard InChI is InChI=1S/C23H28N4O3/c1-4-27(15-16-5-7-17(8-6-16)21(28)26(2)3)22(29)18-9-11-19(12-10-18)24-23(30)25-20-13-14-20/h5-12,20H,4,13-15H2,1-3H3,(H2,24,25,30). The van der Waals surface area contributed by atoms with Crippen LogP contribution in [-0.4, -0.2) is 54.3 Å². The molecule has 0 aromatic heterocycles. The fourth-order valence-corrected chi connectivity index (χ4v) is 3.02. The van der Waals surface area contributed by atoms with Crippen molar-refractivity contribution in [1.82, 2.24) is 15.1 Å². The van der Waals surface area contributed by atoms with Gasteiger partial charge in [-0.25, -0.2) is 4.79 Å². The van der Waals surface area contributed by atoms with Crippen LogP contribution < -0.4 is 10.6 Å². The normalized spacial score (nSPS) is 12.8. The van der Waals surface area contributed by atoms with Gasteiger partial charge in [-0.15, -0.1) is 0 Å². The maximum atomic E-state index is 12.9. The van der Waals surface area contributed by atoms with Crippen LogP contribution in [0, 0.1) is 0 Å². The number of carbonyl (C=O) groups excluding carboxylic acids is 3. The van der Waals surface area contributed by atoms with Crippen LogP contribution in [0.4, 0.5) is 10.5 Å². The molecule has 0 aliphatic heterocycles. The Morgan fingerprint density at radius 3 is 2.00 bits per heavy atom. The van der Waals surface area contributed by atoms with E-state index in [4.69, 9.17) is 0 Å². The van der Waals surface area contributed by atoms with Crippen LogP contribution in [0.15, 0.2) is 48.5 Å². The van der Waals surface area contributed by atoms with E-state index in [0.717, 1.165) is 18.4 Å². The molecular formula is C23H28N4O3. The number of urea groups is 1. The minimum Gasteiger partial charge on any atom is -0.345 e. The second-order valence-corrected chi connectivity index (χ2v) is 7.67. The van der Waals surface area contributed by atoms with Crippen LogP contribution in [0.2, 0.25) is 0 Å². The molecule has 0 spiro atoms. The third-order valence-electron chi connectivity index (χ3n) is 4.95. The minimum absolute atomic E-state index is 0.0514. The Hall–Kier alpha value is -3.35. The van der Waals surface area contributed by atoms with Gasteiger partial charge in [-0.3, -0.25) is 9.59 Å². The van der Waals surface area contributed by atoms with E-state index in [1.807, 2.05) is 19.1 Å². The maximum absolute atomic E-state index is 12.9. The van der Waals surface area contributed by atoms with Crippen molar-refractivity contribution >= 4 is 23.5 Å². The summed E-state index contributed by atoms with van der Waals surface area (Å²) in [6, 6.07) is 14.3. The number of nitrogens with one attached hydrogen (secondary N) is 2. The Labute approximate surface area is 177 Å². The topological polar surface area (TPSA) is 81.8 Å². The third-order valence-corrected chi connectivity index (χ3v) is 4.95. The van der Waals surface area contributed by atoms with Gasteiger partial charge in [0.25, 0.3) is 11.8 Å². The van der Waals surface area contributed by atoms with E-state index in [-0.39, 0.29) is 17.8 Å². The number of nitrogens with zero attached hydrogens (tertiary/aromatic N) is 2. The van der Waals surface area contributed by atoms with E-state index < -0.39 is 0 Å². The minimum atomic E-state index is -0.219. The molecule has 0 radical (unpaired) electrons. The van der Waals surface area contributed by atoms with Gasteiger partial charge in [-0.1, -0.05) is 12.1 Å². The van der Waals surface area contributed by atoms with Gasteiger partial charge in [-0.05, 0) is 61.7 Å². The van der Waals surface area contributed by atoms with Crippen molar-refractivity contribution in [2.24, 2.45) is 0 Å². The van der Waals surface area contributed by atoms with E-state index in [1.54, 1.807) is 55.4 Å². The second kappa shape index (κ2) is 9.43. The Balaban J connectivity index is 1.61. The largest absolute Gasteiger partial charge is 0.345 e. The Morgan fingerprint density at radius 2 is 1.47 bits per heavy atom. The van der Waals surface area contributed by atoms with Crippen LogP contribution in [-0.2, 0) is 6.54 Å². The summed E-state index contributed by atoms with van der Waals surface area (Å²) in [5.41, 5.74) is 2.78. The molecule has 7 heteroatoms. The van der Waals surface area contributed by atoms with Crippen molar-refractivity contribution in [2.45, 2.75) is 32.4 Å². The first-order valence-corrected chi connectivity index (χ1v) is 10.1. The highest BCUT2D eigenvalue weighted by molar-refractivity contribution is 5.96. The molecule has 2 aromatic carbocycles. The zero-order valence-electron chi connectivity index (χ0n) is 17.6. The molecule has 0 saturated heterocycles. The van der Waals surface area contributed by atoms with E-state index in [0.29, 0.717) is 35.9 Å². The molecule has 2 aromatic rings. The number of amides is 4. The monoisotopic (exact) mass is 408 g/mol. The second-order valence-electron chi connectivity index (χ2n) is 7.67. The molecule has 7 nitrogen and oxygen atoms in total. The predicted molar refractivity (Wildman–Crippen MR) is 116 cm³/mol. The molecule has 4 amide bonds. The summed E-state index contributed by atoms with van der Waals surface area (Å²) in [5, 5.41) is 5.64. The number of benzene rings is 2. The summed E-state index contributed by atoms with van der Waals surface area (Å²) in [6.07, 6.45) is 2.06. The first kappa shape index (κ1) is 21.4. The summed E-state index contributed by atoms with van der Waals surface area (Å²) < 4.78 is 0. The number of carbonyl (C=O) groups is 3. The van der Waals surface area contributed by atoms with Crippen molar-refractivity contribution in [3.05, 3.63) is 65.2 Å². The highest BCUT2D eigenvalue weighted by atomic mass is 16.2. The van der Waals surface area contributed by atoms with Crippen molar-refractivity contribution in [1.29, 1.82) is 0 Å². The highest BCUT2D eigenvalue weighted by Gasteiger charge is 2.23. The lowest BCUT2D eigenvalue weighted by Crippen LogP contribution is -2.31. The fourth-order valence-electron chi connectivity index (χ4n) is 3.02. The molecule has 1 saturated carbocycles. The van der Waals surface area contributed by atoms with Gasteiger partial charge in [0, 0.05) is 50.0 Å². The molecule has 30 heavy (non-hydrogen) atoms. The van der Waals surface area contributed by atoms with E-state index >= 15 is 0 Å². The average molecular weight is 409 g/mol. The number of anilines is 1. The lowest BCUT2D eigenvalue weighted by Gasteiger charge is -2.21. The van der Waals surface area contributed by atoms with Crippen molar-refractivity contribution in [3.8, 4) is 0 Å². The summed E-state index contributed by atoms with van der Waals surface area (Å²) in [4.78, 5) is 40.0. The first-order chi connectivity index (χ1) is 14.4. The van der Waals surface area contributed by atoms with Gasteiger partial charge in [-0.2, -0.15) is 0 Å². The zero-order valence-corrected chi connectivity index (χ0v) is 17.6. The maximum Gasteiger partial charge on any atom is 0.319 e. The Kier molecular flexibility index (Phi) is 6.72. The molecule has 158 valence electrons. The lowest BCUT2D eigenvalue weighted by molar-refractivity contribution is 0.0751. The zero-order chi connectivity index (χ0) is 21.7. The van der Waals surface area contributed by atoms with Gasteiger partial charge < -0.3 is 20.4 Å². The van der Waals surface area contributed by atoms with Crippen molar-refractivity contribution in [2.75, 3.05) is 26.0 Å². The fraction of sp³-hybridized carbons (Fsp3) is 0.348. The molecule has 2 N–H and O–H groups in total. The van der Waals surface area contributed by atoms with Crippen LogP contribution in [0.5, 0.6) is 0 Å². The summed E-state index contributed by atoms with van der Waals surface area (Å²) in [7, 11) is 3.43. The quantitative estimate of drug-likeness (QED) is 0.737. The predicted octanol–water partition coefficient (Wildman–Crippen LogP) is 3.33. The van der Waals surface area contributed by atoms with Crippen LogP contribution in [0.1, 0.15) is 46.0 Å². The molecular weight excluding hydrogens is 380 g/mol. The molecule has 0 bridgehead atoms. The van der Waals surface area contributed by atoms with Crippen molar-refractivity contribution < 1.29 is 14.4 Å². The molecule has 0 unspecified atom stereocenters. The SMILES string of the molecule is CCN(Cc1ccc(C(=O)N(C)C)cc1)C(=O)c1ccc(NC(=O)NC2CC2)cc1. The van der Waals surface area contributed by atoms with E-state index in [2.05, 4.69) is 10.6 Å². The average Bonchev–Trinajstić information content (AvgIpc) is 3.55. The Bertz CT molecular complexity index is 903. The van der Waals surface area contributed by atoms with Gasteiger partial charge in [0.1, 0.15) is 0 Å². The molecule has 0 heterocycles. The lowest BCUT2D eigenvalue weighted by atomic mass is 10.1. The van der Waals surface area contributed by atoms with Crippen LogP contribution >= 0.6 is 0 Å². The summed E-state index contributed by atoms with van der Waals surface area (Å²) in [5.74, 6) is -0.135. The highest BCUT2D eigenvalue weighted by Crippen LogP contribution is 2.19. The first-order valence-electron chi connectivity index (χ1n) is 10.1.